The molecular weight excluding hydrogens is 547 g/mol. The second-order valence-corrected chi connectivity index (χ2v) is 8.78. The number of methoxy groups -OCH3 is 1. The van der Waals surface area contributed by atoms with E-state index in [-0.39, 0.29) is 35.8 Å². The SMILES string of the molecule is CCNC(=NCc1ccc(-c2ccc(OC)cc2)s1)NCC1CC(=O)Nc2ccccc21.I. The fourth-order valence-corrected chi connectivity index (χ4v) is 4.71. The molecule has 3 N–H and O–H groups in total. The molecule has 3 aromatic rings. The number of anilines is 1. The Bertz CT molecular complexity index is 1100. The number of amides is 1. The minimum Gasteiger partial charge on any atom is -0.497 e. The van der Waals surface area contributed by atoms with Crippen molar-refractivity contribution >= 4 is 52.9 Å². The van der Waals surface area contributed by atoms with E-state index < -0.39 is 0 Å². The number of hydrogen-bond acceptors (Lipinski definition) is 4. The molecule has 0 saturated heterocycles. The van der Waals surface area contributed by atoms with Crippen LogP contribution in [0.25, 0.3) is 10.4 Å². The molecule has 0 saturated carbocycles. The van der Waals surface area contributed by atoms with Crippen molar-refractivity contribution in [3.63, 3.8) is 0 Å². The maximum absolute atomic E-state index is 12.1. The molecule has 0 aliphatic carbocycles. The van der Waals surface area contributed by atoms with Crippen LogP contribution in [0.3, 0.4) is 0 Å². The van der Waals surface area contributed by atoms with Crippen molar-refractivity contribution in [2.75, 3.05) is 25.5 Å². The number of hydrogen-bond donors (Lipinski definition) is 3. The standard InChI is InChI=1S/C25H28N4O2S.HI/c1-3-26-25(27-15-18-14-24(30)29-22-7-5-4-6-21(18)22)28-16-20-12-13-23(32-20)17-8-10-19(31-2)11-9-17;/h4-13,18H,3,14-16H2,1-2H3,(H,29,30)(H2,26,27,28);1H. The lowest BCUT2D eigenvalue weighted by atomic mass is 9.90. The van der Waals surface area contributed by atoms with Crippen LogP contribution in [0.4, 0.5) is 5.69 Å². The Morgan fingerprint density at radius 1 is 1.12 bits per heavy atom. The maximum atomic E-state index is 12.1. The quantitative estimate of drug-likeness (QED) is 0.205. The average molecular weight is 577 g/mol. The minimum absolute atomic E-state index is 0. The van der Waals surface area contributed by atoms with Gasteiger partial charge in [0.15, 0.2) is 5.96 Å². The zero-order valence-electron chi connectivity index (χ0n) is 18.8. The van der Waals surface area contributed by atoms with Gasteiger partial charge in [0.2, 0.25) is 5.91 Å². The van der Waals surface area contributed by atoms with Gasteiger partial charge < -0.3 is 20.7 Å². The van der Waals surface area contributed by atoms with Crippen LogP contribution in [0, 0.1) is 0 Å². The first kappa shape index (κ1) is 25.0. The van der Waals surface area contributed by atoms with Gasteiger partial charge in [0.1, 0.15) is 5.75 Å². The first-order valence-electron chi connectivity index (χ1n) is 10.8. The Labute approximate surface area is 215 Å². The van der Waals surface area contributed by atoms with E-state index in [4.69, 9.17) is 9.73 Å². The predicted octanol–water partition coefficient (Wildman–Crippen LogP) is 5.22. The summed E-state index contributed by atoms with van der Waals surface area (Å²) in [7, 11) is 1.67. The number of nitrogens with one attached hydrogen (secondary N) is 3. The van der Waals surface area contributed by atoms with Crippen LogP contribution in [0.1, 0.15) is 29.7 Å². The van der Waals surface area contributed by atoms with Crippen molar-refractivity contribution in [2.45, 2.75) is 25.8 Å². The van der Waals surface area contributed by atoms with Crippen molar-refractivity contribution in [1.29, 1.82) is 0 Å². The largest absolute Gasteiger partial charge is 0.497 e. The van der Waals surface area contributed by atoms with Gasteiger partial charge in [-0.1, -0.05) is 18.2 Å². The molecular formula is C25H29IN4O2S. The molecule has 33 heavy (non-hydrogen) atoms. The topological polar surface area (TPSA) is 74.8 Å². The van der Waals surface area contributed by atoms with E-state index in [0.717, 1.165) is 29.5 Å². The number of fused-ring (bicyclic) bond motifs is 1. The molecule has 174 valence electrons. The summed E-state index contributed by atoms with van der Waals surface area (Å²) in [5.74, 6) is 1.79. The Kier molecular flexibility index (Phi) is 9.13. The van der Waals surface area contributed by atoms with E-state index in [1.54, 1.807) is 18.4 Å². The van der Waals surface area contributed by atoms with Gasteiger partial charge in [-0.15, -0.1) is 35.3 Å². The first-order chi connectivity index (χ1) is 15.7. The van der Waals surface area contributed by atoms with Crippen LogP contribution in [0.2, 0.25) is 0 Å². The van der Waals surface area contributed by atoms with Crippen LogP contribution in [0.5, 0.6) is 5.75 Å². The van der Waals surface area contributed by atoms with Gasteiger partial charge in [-0.05, 0) is 60.5 Å². The number of nitrogens with zero attached hydrogens (tertiary/aromatic N) is 1. The van der Waals surface area contributed by atoms with Gasteiger partial charge >= 0.3 is 0 Å². The Hall–Kier alpha value is -2.59. The number of halogens is 1. The number of rotatable bonds is 7. The molecule has 1 aliphatic heterocycles. The Balaban J connectivity index is 0.00000306. The molecule has 1 atom stereocenters. The lowest BCUT2D eigenvalue weighted by Crippen LogP contribution is -2.40. The molecule has 2 heterocycles. The lowest BCUT2D eigenvalue weighted by molar-refractivity contribution is -0.116. The molecule has 8 heteroatoms. The summed E-state index contributed by atoms with van der Waals surface area (Å²) >= 11 is 1.74. The van der Waals surface area contributed by atoms with Crippen LogP contribution in [-0.4, -0.2) is 32.1 Å². The predicted molar refractivity (Wildman–Crippen MR) is 147 cm³/mol. The van der Waals surface area contributed by atoms with Crippen molar-refractivity contribution in [2.24, 2.45) is 4.99 Å². The average Bonchev–Trinajstić information content (AvgIpc) is 3.29. The normalized spacial score (nSPS) is 15.2. The Morgan fingerprint density at radius 2 is 1.91 bits per heavy atom. The minimum atomic E-state index is 0. The number of benzene rings is 2. The summed E-state index contributed by atoms with van der Waals surface area (Å²) in [6, 6.07) is 20.3. The molecule has 2 aromatic carbocycles. The smallest absolute Gasteiger partial charge is 0.225 e. The van der Waals surface area contributed by atoms with Gasteiger partial charge in [0, 0.05) is 40.9 Å². The molecule has 6 nitrogen and oxygen atoms in total. The number of carbonyl (C=O) groups is 1. The van der Waals surface area contributed by atoms with E-state index in [1.165, 1.54) is 15.3 Å². The molecule has 1 aromatic heterocycles. The van der Waals surface area contributed by atoms with Crippen molar-refractivity contribution in [3.8, 4) is 16.2 Å². The zero-order chi connectivity index (χ0) is 22.3. The number of carbonyl (C=O) groups excluding carboxylic acids is 1. The number of thiophene rings is 1. The second-order valence-electron chi connectivity index (χ2n) is 7.61. The monoisotopic (exact) mass is 576 g/mol. The number of aliphatic imine (C=N–C) groups is 1. The van der Waals surface area contributed by atoms with Gasteiger partial charge in [0.05, 0.1) is 13.7 Å². The Morgan fingerprint density at radius 3 is 2.67 bits per heavy atom. The van der Waals surface area contributed by atoms with E-state index in [0.29, 0.717) is 19.5 Å². The molecule has 1 amide bonds. The third-order valence-electron chi connectivity index (χ3n) is 5.40. The van der Waals surface area contributed by atoms with Gasteiger partial charge in [0.25, 0.3) is 0 Å². The first-order valence-corrected chi connectivity index (χ1v) is 11.6. The molecule has 0 bridgehead atoms. The fraction of sp³-hybridized carbons (Fsp3) is 0.280. The van der Waals surface area contributed by atoms with E-state index >= 15 is 0 Å². The molecule has 0 spiro atoms. The van der Waals surface area contributed by atoms with E-state index in [1.807, 2.05) is 37.3 Å². The fourth-order valence-electron chi connectivity index (χ4n) is 3.78. The lowest BCUT2D eigenvalue weighted by Gasteiger charge is -2.26. The molecule has 0 radical (unpaired) electrons. The van der Waals surface area contributed by atoms with Gasteiger partial charge in [-0.3, -0.25) is 4.79 Å². The molecule has 4 rings (SSSR count). The summed E-state index contributed by atoms with van der Waals surface area (Å²) in [6.45, 7) is 4.07. The molecule has 1 unspecified atom stereocenters. The van der Waals surface area contributed by atoms with Gasteiger partial charge in [-0.25, -0.2) is 4.99 Å². The number of para-hydroxylation sites is 1. The summed E-state index contributed by atoms with van der Waals surface area (Å²) in [6.07, 6.45) is 0.472. The third-order valence-corrected chi connectivity index (χ3v) is 6.51. The highest BCUT2D eigenvalue weighted by Gasteiger charge is 2.24. The second kappa shape index (κ2) is 12.0. The summed E-state index contributed by atoms with van der Waals surface area (Å²) in [5, 5.41) is 9.68. The maximum Gasteiger partial charge on any atom is 0.225 e. The highest BCUT2D eigenvalue weighted by molar-refractivity contribution is 14.0. The van der Waals surface area contributed by atoms with Crippen molar-refractivity contribution < 1.29 is 9.53 Å². The summed E-state index contributed by atoms with van der Waals surface area (Å²) < 4.78 is 5.24. The zero-order valence-corrected chi connectivity index (χ0v) is 21.9. The highest BCUT2D eigenvalue weighted by atomic mass is 127. The van der Waals surface area contributed by atoms with Crippen LogP contribution in [0.15, 0.2) is 65.7 Å². The van der Waals surface area contributed by atoms with Crippen molar-refractivity contribution in [3.05, 3.63) is 71.1 Å². The molecule has 1 aliphatic rings. The summed E-state index contributed by atoms with van der Waals surface area (Å²) in [4.78, 5) is 19.2. The highest BCUT2D eigenvalue weighted by Crippen LogP contribution is 2.32. The third kappa shape index (κ3) is 6.48. The van der Waals surface area contributed by atoms with Crippen LogP contribution in [-0.2, 0) is 11.3 Å². The van der Waals surface area contributed by atoms with E-state index in [2.05, 4.69) is 46.3 Å². The summed E-state index contributed by atoms with van der Waals surface area (Å²) in [5.41, 5.74) is 3.24. The van der Waals surface area contributed by atoms with Gasteiger partial charge in [-0.2, -0.15) is 0 Å². The molecule has 0 fully saturated rings. The van der Waals surface area contributed by atoms with Crippen molar-refractivity contribution in [1.82, 2.24) is 10.6 Å². The number of guanidine groups is 1. The van der Waals surface area contributed by atoms with Crippen LogP contribution < -0.4 is 20.7 Å². The van der Waals surface area contributed by atoms with Crippen LogP contribution >= 0.6 is 35.3 Å². The van der Waals surface area contributed by atoms with E-state index in [9.17, 15) is 4.79 Å². The number of ether oxygens (including phenoxy) is 1.